The van der Waals surface area contributed by atoms with Crippen LogP contribution in [0.5, 0.6) is 0 Å². The van der Waals surface area contributed by atoms with Gasteiger partial charge in [-0.15, -0.1) is 0 Å². The van der Waals surface area contributed by atoms with E-state index in [-0.39, 0.29) is 30.2 Å². The number of nitrogens with zero attached hydrogens (tertiary/aromatic N) is 2. The molecule has 2 aliphatic heterocycles. The van der Waals surface area contributed by atoms with Gasteiger partial charge in [0.25, 0.3) is 0 Å². The van der Waals surface area contributed by atoms with Crippen molar-refractivity contribution in [2.45, 2.75) is 155 Å². The van der Waals surface area contributed by atoms with Gasteiger partial charge in [-0.1, -0.05) is 55.4 Å². The number of benzene rings is 3. The number of pyridine rings is 1. The van der Waals surface area contributed by atoms with E-state index in [1.54, 1.807) is 16.6 Å². The predicted molar refractivity (Wildman–Crippen MR) is 213 cm³/mol. The van der Waals surface area contributed by atoms with Crippen LogP contribution < -0.4 is 25.6 Å². The number of halogens is 1. The Morgan fingerprint density at radius 3 is 2.10 bits per heavy atom. The van der Waals surface area contributed by atoms with E-state index in [2.05, 4.69) is 119 Å². The zero-order chi connectivity index (χ0) is 36.6. The summed E-state index contributed by atoms with van der Waals surface area (Å²) in [4.78, 5) is 0. The van der Waals surface area contributed by atoms with Gasteiger partial charge in [0, 0.05) is 0 Å². The van der Waals surface area contributed by atoms with E-state index in [9.17, 15) is 0 Å². The topological polar surface area (TPSA) is 9.03 Å². The van der Waals surface area contributed by atoms with Crippen molar-refractivity contribution in [3.05, 3.63) is 82.5 Å². The van der Waals surface area contributed by atoms with Crippen LogP contribution in [0, 0.1) is 5.41 Å². The van der Waals surface area contributed by atoms with Gasteiger partial charge in [0.15, 0.2) is 0 Å². The zero-order valence-electron chi connectivity index (χ0n) is 34.0. The average molecular weight is 775 g/mol. The molecule has 49 heavy (non-hydrogen) atoms. The van der Waals surface area contributed by atoms with Crippen molar-refractivity contribution in [2.24, 2.45) is 5.41 Å². The number of fused-ring (bicyclic) bond motifs is 11. The fourth-order valence-corrected chi connectivity index (χ4v) is 13.8. The summed E-state index contributed by atoms with van der Waals surface area (Å²) in [6, 6.07) is 21.9. The predicted octanol–water partition coefficient (Wildman–Crippen LogP) is 10.5. The fraction of sp³-hybridized carbons (Fsp3) is 0.543. The van der Waals surface area contributed by atoms with Gasteiger partial charge in [-0.25, -0.2) is 0 Å². The van der Waals surface area contributed by atoms with Crippen molar-refractivity contribution in [3.8, 4) is 11.3 Å². The molecule has 0 saturated carbocycles. The molecule has 2 nitrogen and oxygen atoms in total. The van der Waals surface area contributed by atoms with Crippen molar-refractivity contribution in [3.63, 3.8) is 0 Å². The SMILES string of the molecule is CC.CC.CC.CC.CCC12[I-]C1(CC)n1c3c([n+]4c5ccc(CC(C)(C)C)cc5c5cccc2c5c14)-c1c(C(C)C)cccc1C(C)C3. The molecule has 3 aromatic carbocycles. The van der Waals surface area contributed by atoms with Gasteiger partial charge in [0.1, 0.15) is 0 Å². The Kier molecular flexibility index (Phi) is 12.1. The van der Waals surface area contributed by atoms with E-state index in [1.807, 2.05) is 55.4 Å². The Balaban J connectivity index is 0.000000633. The second-order valence-electron chi connectivity index (χ2n) is 14.5. The Bertz CT molecular complexity index is 1920. The first-order valence-corrected chi connectivity index (χ1v) is 22.0. The molecule has 8 rings (SSSR count). The molecule has 1 saturated heterocycles. The summed E-state index contributed by atoms with van der Waals surface area (Å²) in [6.07, 6.45) is 4.70. The van der Waals surface area contributed by atoms with Crippen LogP contribution in [-0.2, 0) is 19.8 Å². The van der Waals surface area contributed by atoms with Crippen LogP contribution in [0.2, 0.25) is 0 Å². The number of alkyl halides is 2. The molecule has 5 aromatic rings. The normalized spacial score (nSPS) is 21.0. The van der Waals surface area contributed by atoms with Crippen molar-refractivity contribution in [1.29, 1.82) is 0 Å². The molecule has 0 radical (unpaired) electrons. The van der Waals surface area contributed by atoms with Crippen LogP contribution in [0.15, 0.2) is 54.6 Å². The Morgan fingerprint density at radius 2 is 1.51 bits per heavy atom. The number of aromatic nitrogens is 2. The number of hydrogen-bond donors (Lipinski definition) is 0. The van der Waals surface area contributed by atoms with Crippen LogP contribution in [0.25, 0.3) is 38.6 Å². The van der Waals surface area contributed by atoms with Crippen molar-refractivity contribution >= 4 is 27.3 Å². The minimum absolute atomic E-state index is 0.0258. The van der Waals surface area contributed by atoms with Crippen molar-refractivity contribution in [2.75, 3.05) is 0 Å². The number of imidazole rings is 1. The third kappa shape index (κ3) is 5.77. The maximum absolute atomic E-state index is 2.97. The number of rotatable bonds is 4. The van der Waals surface area contributed by atoms with Crippen LogP contribution in [0.4, 0.5) is 0 Å². The second kappa shape index (κ2) is 15.1. The third-order valence-electron chi connectivity index (χ3n) is 10.4. The summed E-state index contributed by atoms with van der Waals surface area (Å²) in [6.45, 7) is 35.3. The molecule has 3 heteroatoms. The van der Waals surface area contributed by atoms with Crippen molar-refractivity contribution in [1.82, 2.24) is 4.57 Å². The summed E-state index contributed by atoms with van der Waals surface area (Å²) in [5, 5.41) is 4.43. The van der Waals surface area contributed by atoms with Gasteiger partial charge in [-0.2, -0.15) is 0 Å². The molecule has 3 atom stereocenters. The van der Waals surface area contributed by atoms with Gasteiger partial charge in [0.2, 0.25) is 0 Å². The van der Waals surface area contributed by atoms with Gasteiger partial charge in [-0.05, 0) is 0 Å². The van der Waals surface area contributed by atoms with Crippen LogP contribution >= 0.6 is 0 Å². The zero-order valence-corrected chi connectivity index (χ0v) is 36.1. The van der Waals surface area contributed by atoms with E-state index < -0.39 is 0 Å². The first kappa shape index (κ1) is 39.4. The molecule has 268 valence electrons. The molecular formula is C46H67IN2. The molecule has 3 aliphatic rings. The second-order valence-corrected chi connectivity index (χ2v) is 18.7. The van der Waals surface area contributed by atoms with E-state index in [4.69, 9.17) is 0 Å². The van der Waals surface area contributed by atoms with Gasteiger partial charge < -0.3 is 0 Å². The molecule has 2 aromatic heterocycles. The molecule has 0 N–H and O–H groups in total. The standard InChI is InChI=1S/C38H43IN2.4C2H6/c1-9-37-29-16-12-15-27-28-20-24(21-36(6,7)8)17-18-30(28)40-34-31(41(35(40)33(27)29)38(37,10-2)39-37)19-23(5)26-14-11-13-25(22(3)4)32(26)34;4*1-2/h11-18,20,22-23H,9-10,19,21H2,1-8H3;4*1-2H3. The third-order valence-corrected chi connectivity index (χ3v) is 16.1. The van der Waals surface area contributed by atoms with Crippen molar-refractivity contribution < 1.29 is 25.6 Å². The van der Waals surface area contributed by atoms with Gasteiger partial charge in [0.05, 0.1) is 0 Å². The first-order chi connectivity index (χ1) is 23.6. The Morgan fingerprint density at radius 1 is 0.857 bits per heavy atom. The summed E-state index contributed by atoms with van der Waals surface area (Å²) >= 11 is -0.0258. The van der Waals surface area contributed by atoms with E-state index >= 15 is 0 Å². The minimum atomic E-state index is -0.0258. The van der Waals surface area contributed by atoms with Crippen LogP contribution in [-0.4, -0.2) is 4.57 Å². The van der Waals surface area contributed by atoms with E-state index in [0.717, 1.165) is 12.8 Å². The quantitative estimate of drug-likeness (QED) is 0.0745. The van der Waals surface area contributed by atoms with E-state index in [1.165, 1.54) is 62.7 Å². The number of hydrogen-bond acceptors (Lipinski definition) is 0. The van der Waals surface area contributed by atoms with Gasteiger partial charge in [-0.3, -0.25) is 0 Å². The molecule has 4 heterocycles. The molecular weight excluding hydrogens is 707 g/mol. The monoisotopic (exact) mass is 774 g/mol. The molecule has 0 amide bonds. The fourth-order valence-electron chi connectivity index (χ4n) is 8.82. The summed E-state index contributed by atoms with van der Waals surface area (Å²) < 4.78 is 6.34. The summed E-state index contributed by atoms with van der Waals surface area (Å²) in [5.41, 5.74) is 13.9. The van der Waals surface area contributed by atoms with E-state index in [0.29, 0.717) is 15.3 Å². The first-order valence-electron chi connectivity index (χ1n) is 19.8. The molecule has 3 unspecified atom stereocenters. The van der Waals surface area contributed by atoms with Crippen LogP contribution in [0.3, 0.4) is 0 Å². The summed E-state index contributed by atoms with van der Waals surface area (Å²) in [7, 11) is 0. The Labute approximate surface area is 310 Å². The Hall–Kier alpha value is -2.40. The average Bonchev–Trinajstić information content (AvgIpc) is 3.71. The van der Waals surface area contributed by atoms with Crippen LogP contribution in [0.1, 0.15) is 163 Å². The maximum atomic E-state index is 2.97. The molecule has 0 bridgehead atoms. The molecule has 1 aliphatic carbocycles. The molecule has 1 fully saturated rings. The molecule has 0 spiro atoms. The summed E-state index contributed by atoms with van der Waals surface area (Å²) in [5.74, 6) is 1.01. The van der Waals surface area contributed by atoms with Gasteiger partial charge >= 0.3 is 257 Å².